The highest BCUT2D eigenvalue weighted by atomic mass is 35.5. The SMILES string of the molecule is O=Cc1cnn(C2CCCCC2)c1Cl. The average Bonchev–Trinajstić information content (AvgIpc) is 2.61. The maximum absolute atomic E-state index is 10.6. The minimum Gasteiger partial charge on any atom is -0.298 e. The van der Waals surface area contributed by atoms with Crippen LogP contribution in [-0.4, -0.2) is 16.1 Å². The number of rotatable bonds is 2. The second-order valence-corrected chi connectivity index (χ2v) is 4.10. The Morgan fingerprint density at radius 2 is 2.14 bits per heavy atom. The largest absolute Gasteiger partial charge is 0.298 e. The molecule has 0 amide bonds. The van der Waals surface area contributed by atoms with E-state index in [1.54, 1.807) is 10.9 Å². The van der Waals surface area contributed by atoms with Gasteiger partial charge in [-0.3, -0.25) is 9.48 Å². The van der Waals surface area contributed by atoms with Crippen molar-refractivity contribution in [1.29, 1.82) is 0 Å². The van der Waals surface area contributed by atoms with Gasteiger partial charge in [0.25, 0.3) is 0 Å². The third-order valence-electron chi connectivity index (χ3n) is 2.81. The molecule has 1 fully saturated rings. The van der Waals surface area contributed by atoms with Gasteiger partial charge in [-0.1, -0.05) is 30.9 Å². The molecule has 0 unspecified atom stereocenters. The molecule has 1 saturated carbocycles. The second kappa shape index (κ2) is 4.13. The number of aldehydes is 1. The topological polar surface area (TPSA) is 34.9 Å². The summed E-state index contributed by atoms with van der Waals surface area (Å²) in [6.07, 6.45) is 8.32. The predicted molar refractivity (Wildman–Crippen MR) is 54.7 cm³/mol. The van der Waals surface area contributed by atoms with Gasteiger partial charge >= 0.3 is 0 Å². The van der Waals surface area contributed by atoms with Crippen molar-refractivity contribution in [2.45, 2.75) is 38.1 Å². The van der Waals surface area contributed by atoms with Gasteiger partial charge in [0.05, 0.1) is 17.8 Å². The van der Waals surface area contributed by atoms with Crippen LogP contribution in [0, 0.1) is 0 Å². The second-order valence-electron chi connectivity index (χ2n) is 3.74. The van der Waals surface area contributed by atoms with Crippen LogP contribution in [0.5, 0.6) is 0 Å². The molecule has 0 atom stereocenters. The Labute approximate surface area is 88.1 Å². The molecule has 4 heteroatoms. The number of aromatic nitrogens is 2. The summed E-state index contributed by atoms with van der Waals surface area (Å²) < 4.78 is 1.80. The number of hydrogen-bond acceptors (Lipinski definition) is 2. The number of nitrogens with zero attached hydrogens (tertiary/aromatic N) is 2. The Bertz CT molecular complexity index is 329. The minimum absolute atomic E-state index is 0.393. The molecule has 1 heterocycles. The van der Waals surface area contributed by atoms with Gasteiger partial charge in [0.15, 0.2) is 6.29 Å². The fourth-order valence-corrected chi connectivity index (χ4v) is 2.29. The van der Waals surface area contributed by atoms with E-state index in [4.69, 9.17) is 11.6 Å². The average molecular weight is 213 g/mol. The molecule has 0 N–H and O–H groups in total. The Balaban J connectivity index is 2.22. The third-order valence-corrected chi connectivity index (χ3v) is 3.20. The summed E-state index contributed by atoms with van der Waals surface area (Å²) in [4.78, 5) is 10.6. The Morgan fingerprint density at radius 3 is 2.71 bits per heavy atom. The predicted octanol–water partition coefficient (Wildman–Crippen LogP) is 2.85. The van der Waals surface area contributed by atoms with E-state index in [1.165, 1.54) is 19.3 Å². The van der Waals surface area contributed by atoms with E-state index >= 15 is 0 Å². The molecular weight excluding hydrogens is 200 g/mol. The first-order valence-corrected chi connectivity index (χ1v) is 5.39. The molecule has 0 saturated heterocycles. The van der Waals surface area contributed by atoms with E-state index in [-0.39, 0.29) is 0 Å². The smallest absolute Gasteiger partial charge is 0.154 e. The van der Waals surface area contributed by atoms with Gasteiger partial charge in [-0.05, 0) is 12.8 Å². The molecule has 2 rings (SSSR count). The first kappa shape index (κ1) is 9.71. The molecule has 0 aromatic carbocycles. The molecule has 0 radical (unpaired) electrons. The molecule has 0 bridgehead atoms. The van der Waals surface area contributed by atoms with Crippen LogP contribution < -0.4 is 0 Å². The molecule has 76 valence electrons. The van der Waals surface area contributed by atoms with Gasteiger partial charge in [0.2, 0.25) is 0 Å². The van der Waals surface area contributed by atoms with Crippen LogP contribution in [0.2, 0.25) is 5.15 Å². The monoisotopic (exact) mass is 212 g/mol. The highest BCUT2D eigenvalue weighted by Gasteiger charge is 2.19. The molecule has 1 aliphatic carbocycles. The lowest BCUT2D eigenvalue weighted by Crippen LogP contribution is -2.14. The lowest BCUT2D eigenvalue weighted by molar-refractivity contribution is 0.112. The van der Waals surface area contributed by atoms with Crippen molar-refractivity contribution in [2.75, 3.05) is 0 Å². The number of carbonyl (C=O) groups is 1. The number of halogens is 1. The van der Waals surface area contributed by atoms with E-state index in [9.17, 15) is 4.79 Å². The molecule has 1 aromatic rings. The van der Waals surface area contributed by atoms with Crippen molar-refractivity contribution in [1.82, 2.24) is 9.78 Å². The van der Waals surface area contributed by atoms with E-state index < -0.39 is 0 Å². The summed E-state index contributed by atoms with van der Waals surface area (Å²) in [6.45, 7) is 0. The van der Waals surface area contributed by atoms with Gasteiger partial charge in [0.1, 0.15) is 5.15 Å². The fraction of sp³-hybridized carbons (Fsp3) is 0.600. The zero-order chi connectivity index (χ0) is 9.97. The summed E-state index contributed by atoms with van der Waals surface area (Å²) in [5, 5.41) is 4.66. The molecular formula is C10H13ClN2O. The normalized spacial score (nSPS) is 18.4. The van der Waals surface area contributed by atoms with Crippen molar-refractivity contribution >= 4 is 17.9 Å². The van der Waals surface area contributed by atoms with E-state index in [2.05, 4.69) is 5.10 Å². The van der Waals surface area contributed by atoms with Crippen LogP contribution in [0.15, 0.2) is 6.20 Å². The van der Waals surface area contributed by atoms with Crippen molar-refractivity contribution in [3.05, 3.63) is 16.9 Å². The van der Waals surface area contributed by atoms with Crippen LogP contribution in [0.1, 0.15) is 48.5 Å². The summed E-state index contributed by atoms with van der Waals surface area (Å²) >= 11 is 6.03. The molecule has 14 heavy (non-hydrogen) atoms. The van der Waals surface area contributed by atoms with E-state index in [1.807, 2.05) is 0 Å². The summed E-state index contributed by atoms with van der Waals surface area (Å²) in [5.41, 5.74) is 0.497. The fourth-order valence-electron chi connectivity index (χ4n) is 2.02. The van der Waals surface area contributed by atoms with E-state index in [0.717, 1.165) is 19.1 Å². The standard InChI is InChI=1S/C10H13ClN2O/c11-10-8(7-14)6-12-13(10)9-4-2-1-3-5-9/h6-7,9H,1-5H2. The zero-order valence-corrected chi connectivity index (χ0v) is 8.70. The highest BCUT2D eigenvalue weighted by Crippen LogP contribution is 2.30. The third kappa shape index (κ3) is 1.69. The molecule has 1 aliphatic rings. The van der Waals surface area contributed by atoms with Gasteiger partial charge in [-0.2, -0.15) is 5.10 Å². The lowest BCUT2D eigenvalue weighted by atomic mass is 9.96. The molecule has 0 spiro atoms. The van der Waals surface area contributed by atoms with Crippen LogP contribution in [0.4, 0.5) is 0 Å². The Kier molecular flexibility index (Phi) is 2.87. The summed E-state index contributed by atoms with van der Waals surface area (Å²) in [5.74, 6) is 0. The molecule has 0 aliphatic heterocycles. The minimum atomic E-state index is 0.393. The van der Waals surface area contributed by atoms with Crippen molar-refractivity contribution in [3.8, 4) is 0 Å². The Hall–Kier alpha value is -0.830. The van der Waals surface area contributed by atoms with Gasteiger partial charge in [-0.25, -0.2) is 0 Å². The van der Waals surface area contributed by atoms with Crippen molar-refractivity contribution < 1.29 is 4.79 Å². The van der Waals surface area contributed by atoms with Gasteiger partial charge in [-0.15, -0.1) is 0 Å². The summed E-state index contributed by atoms with van der Waals surface area (Å²) in [7, 11) is 0. The van der Waals surface area contributed by atoms with E-state index in [0.29, 0.717) is 16.8 Å². The first-order valence-electron chi connectivity index (χ1n) is 5.01. The van der Waals surface area contributed by atoms with Crippen LogP contribution in [0.25, 0.3) is 0 Å². The maximum Gasteiger partial charge on any atom is 0.154 e. The van der Waals surface area contributed by atoms with Crippen LogP contribution in [-0.2, 0) is 0 Å². The molecule has 1 aromatic heterocycles. The Morgan fingerprint density at radius 1 is 1.43 bits per heavy atom. The van der Waals surface area contributed by atoms with Crippen LogP contribution >= 0.6 is 11.6 Å². The van der Waals surface area contributed by atoms with Crippen molar-refractivity contribution in [2.24, 2.45) is 0 Å². The number of hydrogen-bond donors (Lipinski definition) is 0. The van der Waals surface area contributed by atoms with Crippen LogP contribution in [0.3, 0.4) is 0 Å². The zero-order valence-electron chi connectivity index (χ0n) is 7.95. The van der Waals surface area contributed by atoms with Gasteiger partial charge in [0, 0.05) is 0 Å². The first-order chi connectivity index (χ1) is 6.83. The summed E-state index contributed by atoms with van der Waals surface area (Å²) in [6, 6.07) is 0.393. The molecule has 3 nitrogen and oxygen atoms in total. The quantitative estimate of drug-likeness (QED) is 0.707. The van der Waals surface area contributed by atoms with Gasteiger partial charge < -0.3 is 0 Å². The highest BCUT2D eigenvalue weighted by molar-refractivity contribution is 6.31. The maximum atomic E-state index is 10.6. The lowest BCUT2D eigenvalue weighted by Gasteiger charge is -2.22. The van der Waals surface area contributed by atoms with Crippen molar-refractivity contribution in [3.63, 3.8) is 0 Å². The number of carbonyl (C=O) groups excluding carboxylic acids is 1.